The maximum atomic E-state index is 5.36. The third-order valence-electron chi connectivity index (χ3n) is 3.35. The Bertz CT molecular complexity index is 317. The van der Waals surface area contributed by atoms with Gasteiger partial charge in [0.2, 0.25) is 0 Å². The lowest BCUT2D eigenvalue weighted by molar-refractivity contribution is 0.0662. The van der Waals surface area contributed by atoms with Crippen molar-refractivity contribution in [2.24, 2.45) is 5.92 Å². The Hall–Kier alpha value is -1.06. The van der Waals surface area contributed by atoms with Gasteiger partial charge in [-0.15, -0.1) is 0 Å². The van der Waals surface area contributed by atoms with E-state index in [1.54, 1.807) is 0 Å². The standard InChI is InChI=1S/C14H22N2O/c1-15-14-4-2-12(3-5-14)10-16-11-13-6-8-17-9-7-13/h2-5,13,15-16H,6-11H2,1H3. The van der Waals surface area contributed by atoms with Gasteiger partial charge in [-0.3, -0.25) is 0 Å². The highest BCUT2D eigenvalue weighted by Crippen LogP contribution is 2.13. The van der Waals surface area contributed by atoms with Gasteiger partial charge in [-0.1, -0.05) is 12.1 Å². The Morgan fingerprint density at radius 2 is 1.88 bits per heavy atom. The van der Waals surface area contributed by atoms with Gasteiger partial charge in [0.25, 0.3) is 0 Å². The summed E-state index contributed by atoms with van der Waals surface area (Å²) < 4.78 is 5.36. The van der Waals surface area contributed by atoms with Crippen LogP contribution in [-0.4, -0.2) is 26.8 Å². The van der Waals surface area contributed by atoms with Crippen molar-refractivity contribution < 1.29 is 4.74 Å². The minimum atomic E-state index is 0.792. The second-order valence-electron chi connectivity index (χ2n) is 4.63. The van der Waals surface area contributed by atoms with E-state index in [0.717, 1.165) is 37.9 Å². The van der Waals surface area contributed by atoms with Gasteiger partial charge in [0, 0.05) is 32.5 Å². The Labute approximate surface area is 104 Å². The summed E-state index contributed by atoms with van der Waals surface area (Å²) in [7, 11) is 1.94. The first-order chi connectivity index (χ1) is 8.38. The molecule has 1 aliphatic heterocycles. The number of anilines is 1. The van der Waals surface area contributed by atoms with Gasteiger partial charge in [0.05, 0.1) is 0 Å². The highest BCUT2D eigenvalue weighted by Gasteiger charge is 2.12. The quantitative estimate of drug-likeness (QED) is 0.820. The molecule has 1 saturated heterocycles. The van der Waals surface area contributed by atoms with Gasteiger partial charge in [-0.25, -0.2) is 0 Å². The van der Waals surface area contributed by atoms with Crippen LogP contribution in [0.2, 0.25) is 0 Å². The summed E-state index contributed by atoms with van der Waals surface area (Å²) in [6.45, 7) is 3.94. The van der Waals surface area contributed by atoms with Gasteiger partial charge in [0.15, 0.2) is 0 Å². The minimum Gasteiger partial charge on any atom is -0.388 e. The maximum Gasteiger partial charge on any atom is 0.0469 e. The smallest absolute Gasteiger partial charge is 0.0469 e. The van der Waals surface area contributed by atoms with E-state index >= 15 is 0 Å². The average Bonchev–Trinajstić information content (AvgIpc) is 2.41. The monoisotopic (exact) mass is 234 g/mol. The molecular formula is C14H22N2O. The van der Waals surface area contributed by atoms with E-state index in [2.05, 4.69) is 34.9 Å². The molecule has 3 nitrogen and oxygen atoms in total. The van der Waals surface area contributed by atoms with Crippen LogP contribution in [0, 0.1) is 5.92 Å². The summed E-state index contributed by atoms with van der Waals surface area (Å²) in [5.74, 6) is 0.792. The molecule has 1 heterocycles. The van der Waals surface area contributed by atoms with Gasteiger partial charge in [-0.05, 0) is 43.0 Å². The lowest BCUT2D eigenvalue weighted by atomic mass is 10.0. The fourth-order valence-corrected chi connectivity index (χ4v) is 2.16. The molecule has 1 fully saturated rings. The second-order valence-corrected chi connectivity index (χ2v) is 4.63. The van der Waals surface area contributed by atoms with Crippen LogP contribution in [0.5, 0.6) is 0 Å². The van der Waals surface area contributed by atoms with Gasteiger partial charge in [0.1, 0.15) is 0 Å². The van der Waals surface area contributed by atoms with Crippen LogP contribution in [0.4, 0.5) is 5.69 Å². The molecule has 17 heavy (non-hydrogen) atoms. The van der Waals surface area contributed by atoms with Crippen molar-refractivity contribution in [2.45, 2.75) is 19.4 Å². The van der Waals surface area contributed by atoms with Crippen molar-refractivity contribution in [3.8, 4) is 0 Å². The molecule has 0 radical (unpaired) electrons. The number of hydrogen-bond donors (Lipinski definition) is 2. The molecule has 0 atom stereocenters. The molecule has 1 aromatic rings. The Morgan fingerprint density at radius 1 is 1.18 bits per heavy atom. The van der Waals surface area contributed by atoms with E-state index < -0.39 is 0 Å². The minimum absolute atomic E-state index is 0.792. The van der Waals surface area contributed by atoms with E-state index in [0.29, 0.717) is 0 Å². The zero-order valence-corrected chi connectivity index (χ0v) is 10.5. The SMILES string of the molecule is CNc1ccc(CNCC2CCOCC2)cc1. The normalized spacial score (nSPS) is 17.0. The molecule has 2 rings (SSSR count). The van der Waals surface area contributed by atoms with Crippen LogP contribution in [0.25, 0.3) is 0 Å². The van der Waals surface area contributed by atoms with Crippen molar-refractivity contribution >= 4 is 5.69 Å². The summed E-state index contributed by atoms with van der Waals surface area (Å²) in [6, 6.07) is 8.57. The van der Waals surface area contributed by atoms with Gasteiger partial charge >= 0.3 is 0 Å². The number of benzene rings is 1. The largest absolute Gasteiger partial charge is 0.388 e. The summed E-state index contributed by atoms with van der Waals surface area (Å²) in [5.41, 5.74) is 2.51. The Kier molecular flexibility index (Phi) is 4.83. The molecule has 1 aliphatic rings. The number of rotatable bonds is 5. The van der Waals surface area contributed by atoms with Crippen LogP contribution < -0.4 is 10.6 Å². The maximum absolute atomic E-state index is 5.36. The Balaban J connectivity index is 1.69. The lowest BCUT2D eigenvalue weighted by Crippen LogP contribution is -2.27. The Morgan fingerprint density at radius 3 is 2.53 bits per heavy atom. The molecule has 0 aliphatic carbocycles. The molecular weight excluding hydrogens is 212 g/mol. The highest BCUT2D eigenvalue weighted by atomic mass is 16.5. The van der Waals surface area contributed by atoms with Crippen molar-refractivity contribution in [1.29, 1.82) is 0 Å². The molecule has 2 N–H and O–H groups in total. The average molecular weight is 234 g/mol. The molecule has 0 aromatic heterocycles. The highest BCUT2D eigenvalue weighted by molar-refractivity contribution is 5.43. The van der Waals surface area contributed by atoms with Crippen molar-refractivity contribution in [3.63, 3.8) is 0 Å². The van der Waals surface area contributed by atoms with Crippen LogP contribution in [0.1, 0.15) is 18.4 Å². The van der Waals surface area contributed by atoms with E-state index in [1.165, 1.54) is 18.4 Å². The van der Waals surface area contributed by atoms with Crippen LogP contribution in [0.15, 0.2) is 24.3 Å². The summed E-state index contributed by atoms with van der Waals surface area (Å²) >= 11 is 0. The zero-order chi connectivity index (χ0) is 11.9. The first kappa shape index (κ1) is 12.4. The number of hydrogen-bond acceptors (Lipinski definition) is 3. The molecule has 0 amide bonds. The third kappa shape index (κ3) is 4.02. The van der Waals surface area contributed by atoms with Crippen molar-refractivity contribution in [1.82, 2.24) is 5.32 Å². The summed E-state index contributed by atoms with van der Waals surface area (Å²) in [6.07, 6.45) is 2.40. The first-order valence-corrected chi connectivity index (χ1v) is 6.43. The number of nitrogens with one attached hydrogen (secondary N) is 2. The van der Waals surface area contributed by atoms with Gasteiger partial charge < -0.3 is 15.4 Å². The van der Waals surface area contributed by atoms with E-state index in [-0.39, 0.29) is 0 Å². The van der Waals surface area contributed by atoms with Crippen LogP contribution >= 0.6 is 0 Å². The van der Waals surface area contributed by atoms with Crippen molar-refractivity contribution in [2.75, 3.05) is 32.1 Å². The fraction of sp³-hybridized carbons (Fsp3) is 0.571. The van der Waals surface area contributed by atoms with Gasteiger partial charge in [-0.2, -0.15) is 0 Å². The first-order valence-electron chi connectivity index (χ1n) is 6.43. The predicted octanol–water partition coefficient (Wildman–Crippen LogP) is 2.24. The van der Waals surface area contributed by atoms with E-state index in [4.69, 9.17) is 4.74 Å². The molecule has 3 heteroatoms. The third-order valence-corrected chi connectivity index (χ3v) is 3.35. The summed E-state index contributed by atoms with van der Waals surface area (Å²) in [4.78, 5) is 0. The topological polar surface area (TPSA) is 33.3 Å². The molecule has 0 spiro atoms. The molecule has 1 aromatic carbocycles. The summed E-state index contributed by atoms with van der Waals surface area (Å²) in [5, 5.41) is 6.66. The number of ether oxygens (including phenoxy) is 1. The van der Waals surface area contributed by atoms with E-state index in [1.807, 2.05) is 7.05 Å². The van der Waals surface area contributed by atoms with Crippen molar-refractivity contribution in [3.05, 3.63) is 29.8 Å². The van der Waals surface area contributed by atoms with E-state index in [9.17, 15) is 0 Å². The molecule has 94 valence electrons. The zero-order valence-electron chi connectivity index (χ0n) is 10.5. The molecule has 0 saturated carbocycles. The second kappa shape index (κ2) is 6.62. The fourth-order valence-electron chi connectivity index (χ4n) is 2.16. The lowest BCUT2D eigenvalue weighted by Gasteiger charge is -2.22. The van der Waals surface area contributed by atoms with Crippen LogP contribution in [0.3, 0.4) is 0 Å². The molecule has 0 unspecified atom stereocenters. The molecule has 0 bridgehead atoms. The van der Waals surface area contributed by atoms with Crippen LogP contribution in [-0.2, 0) is 11.3 Å². The predicted molar refractivity (Wildman–Crippen MR) is 71.2 cm³/mol.